The number of halogens is 1. The molecule has 1 N–H and O–H groups in total. The maximum Gasteiger partial charge on any atom is 0.123 e. The fraction of sp³-hybridized carbons (Fsp3) is 0.471. The molecular weight excluding hydrogens is 253 g/mol. The van der Waals surface area contributed by atoms with Crippen molar-refractivity contribution < 1.29 is 9.50 Å². The molecule has 3 atom stereocenters. The van der Waals surface area contributed by atoms with E-state index in [-0.39, 0.29) is 11.2 Å². The monoisotopic (exact) mass is 271 g/mol. The number of aliphatic imine (C=N–C) groups is 1. The van der Waals surface area contributed by atoms with E-state index in [2.05, 4.69) is 4.99 Å². The van der Waals surface area contributed by atoms with Gasteiger partial charge >= 0.3 is 0 Å². The van der Waals surface area contributed by atoms with E-state index in [0.717, 1.165) is 29.7 Å². The molecule has 0 bridgehead atoms. The number of rotatable bonds is 3. The van der Waals surface area contributed by atoms with Crippen LogP contribution in [0.2, 0.25) is 0 Å². The third-order valence-electron chi connectivity index (χ3n) is 5.24. The molecule has 2 aliphatic carbocycles. The van der Waals surface area contributed by atoms with Crippen molar-refractivity contribution >= 4 is 5.71 Å². The number of aliphatic hydroxyl groups is 1. The van der Waals surface area contributed by atoms with Crippen LogP contribution in [0.25, 0.3) is 0 Å². The quantitative estimate of drug-likeness (QED) is 0.894. The average molecular weight is 271 g/mol. The Morgan fingerprint density at radius 1 is 1.40 bits per heavy atom. The van der Waals surface area contributed by atoms with Crippen molar-refractivity contribution in [2.24, 2.45) is 10.9 Å². The summed E-state index contributed by atoms with van der Waals surface area (Å²) in [4.78, 5) is 4.23. The molecule has 1 aromatic rings. The van der Waals surface area contributed by atoms with Gasteiger partial charge in [0.25, 0.3) is 0 Å². The highest BCUT2D eigenvalue weighted by molar-refractivity contribution is 5.93. The number of nitrogens with zero attached hydrogens (tertiary/aromatic N) is 1. The van der Waals surface area contributed by atoms with E-state index in [1.54, 1.807) is 18.3 Å². The van der Waals surface area contributed by atoms with Gasteiger partial charge in [0.2, 0.25) is 0 Å². The second-order valence-corrected chi connectivity index (χ2v) is 6.29. The topological polar surface area (TPSA) is 32.6 Å². The standard InChI is InChI=1S/C17H18FNO/c18-12-5-6-13(16(20)15-4-2-8-19-15)14(9-12)17-7-1-3-11(17)10-17/h2,5-6,8-9,11,16,20H,1,3-4,7,10H2. The van der Waals surface area contributed by atoms with Crippen molar-refractivity contribution in [2.75, 3.05) is 0 Å². The first-order valence-electron chi connectivity index (χ1n) is 7.40. The van der Waals surface area contributed by atoms with E-state index in [4.69, 9.17) is 0 Å². The van der Waals surface area contributed by atoms with Crippen LogP contribution in [0.4, 0.5) is 4.39 Å². The molecule has 2 nitrogen and oxygen atoms in total. The zero-order valence-corrected chi connectivity index (χ0v) is 11.3. The Labute approximate surface area is 118 Å². The minimum absolute atomic E-state index is 0.144. The predicted molar refractivity (Wildman–Crippen MR) is 76.2 cm³/mol. The number of hydrogen-bond acceptors (Lipinski definition) is 2. The molecule has 0 radical (unpaired) electrons. The number of aliphatic hydroxyl groups excluding tert-OH is 1. The van der Waals surface area contributed by atoms with Crippen LogP contribution in [0, 0.1) is 11.7 Å². The smallest absolute Gasteiger partial charge is 0.123 e. The van der Waals surface area contributed by atoms with Crippen molar-refractivity contribution in [2.45, 2.75) is 43.6 Å². The highest BCUT2D eigenvalue weighted by atomic mass is 19.1. The van der Waals surface area contributed by atoms with Gasteiger partial charge in [-0.25, -0.2) is 4.39 Å². The Hall–Kier alpha value is -1.48. The summed E-state index contributed by atoms with van der Waals surface area (Å²) >= 11 is 0. The minimum atomic E-state index is -0.697. The number of fused-ring (bicyclic) bond motifs is 1. The molecule has 0 spiro atoms. The van der Waals surface area contributed by atoms with Gasteiger partial charge in [0.15, 0.2) is 0 Å². The molecule has 1 aliphatic heterocycles. The van der Waals surface area contributed by atoms with Gasteiger partial charge in [-0.3, -0.25) is 4.99 Å². The van der Waals surface area contributed by atoms with Crippen molar-refractivity contribution in [1.29, 1.82) is 0 Å². The maximum absolute atomic E-state index is 13.7. The van der Waals surface area contributed by atoms with Crippen LogP contribution >= 0.6 is 0 Å². The third-order valence-corrected chi connectivity index (χ3v) is 5.24. The Bertz CT molecular complexity index is 621. The van der Waals surface area contributed by atoms with Crippen molar-refractivity contribution in [3.8, 4) is 0 Å². The predicted octanol–water partition coefficient (Wildman–Crippen LogP) is 3.66. The second-order valence-electron chi connectivity index (χ2n) is 6.29. The molecule has 0 amide bonds. The minimum Gasteiger partial charge on any atom is -0.382 e. The molecule has 3 unspecified atom stereocenters. The fourth-order valence-corrected chi connectivity index (χ4v) is 4.13. The van der Waals surface area contributed by atoms with E-state index >= 15 is 0 Å². The lowest BCUT2D eigenvalue weighted by atomic mass is 9.85. The summed E-state index contributed by atoms with van der Waals surface area (Å²) < 4.78 is 13.7. The SMILES string of the molecule is OC(C1=NC=CC1)c1ccc(F)cc1C12CCCC1C2. The highest BCUT2D eigenvalue weighted by Gasteiger charge is 2.58. The van der Waals surface area contributed by atoms with Gasteiger partial charge in [0.05, 0.1) is 5.71 Å². The zero-order chi connectivity index (χ0) is 13.7. The van der Waals surface area contributed by atoms with Crippen molar-refractivity contribution in [3.05, 3.63) is 47.4 Å². The van der Waals surface area contributed by atoms with Crippen LogP contribution in [0.5, 0.6) is 0 Å². The summed E-state index contributed by atoms with van der Waals surface area (Å²) in [5.74, 6) is 0.494. The van der Waals surface area contributed by atoms with Crippen LogP contribution < -0.4 is 0 Å². The summed E-state index contributed by atoms with van der Waals surface area (Å²) in [5, 5.41) is 10.6. The first-order chi connectivity index (χ1) is 9.71. The fourth-order valence-electron chi connectivity index (χ4n) is 4.13. The van der Waals surface area contributed by atoms with Gasteiger partial charge < -0.3 is 5.11 Å². The number of allylic oxidation sites excluding steroid dienone is 1. The molecule has 1 heterocycles. The van der Waals surface area contributed by atoms with E-state index < -0.39 is 6.10 Å². The maximum atomic E-state index is 13.7. The van der Waals surface area contributed by atoms with Crippen LogP contribution in [-0.2, 0) is 5.41 Å². The third kappa shape index (κ3) is 1.69. The zero-order valence-electron chi connectivity index (χ0n) is 11.3. The molecular formula is C17H18FNO. The summed E-state index contributed by atoms with van der Waals surface area (Å²) in [6.07, 6.45) is 8.41. The molecule has 20 heavy (non-hydrogen) atoms. The van der Waals surface area contributed by atoms with E-state index in [9.17, 15) is 9.50 Å². The average Bonchev–Trinajstić information content (AvgIpc) is 2.88. The van der Waals surface area contributed by atoms with Crippen LogP contribution in [0.15, 0.2) is 35.5 Å². The van der Waals surface area contributed by atoms with Gasteiger partial charge in [-0.05, 0) is 53.9 Å². The second kappa shape index (κ2) is 4.26. The Morgan fingerprint density at radius 2 is 2.30 bits per heavy atom. The Balaban J connectivity index is 1.76. The normalized spacial score (nSPS) is 32.1. The van der Waals surface area contributed by atoms with Gasteiger partial charge in [-0.1, -0.05) is 18.6 Å². The van der Waals surface area contributed by atoms with E-state index in [1.165, 1.54) is 18.9 Å². The summed E-state index contributed by atoms with van der Waals surface area (Å²) in [7, 11) is 0. The lowest BCUT2D eigenvalue weighted by Crippen LogP contribution is -2.17. The summed E-state index contributed by atoms with van der Waals surface area (Å²) in [6.45, 7) is 0. The van der Waals surface area contributed by atoms with Crippen molar-refractivity contribution in [3.63, 3.8) is 0 Å². The molecule has 3 aliphatic rings. The highest BCUT2D eigenvalue weighted by Crippen LogP contribution is 2.65. The first-order valence-corrected chi connectivity index (χ1v) is 7.40. The Kier molecular flexibility index (Phi) is 2.61. The molecule has 2 saturated carbocycles. The molecule has 1 aromatic carbocycles. The first kappa shape index (κ1) is 12.3. The molecule has 3 heteroatoms. The summed E-state index contributed by atoms with van der Waals surface area (Å²) in [6, 6.07) is 4.85. The molecule has 104 valence electrons. The van der Waals surface area contributed by atoms with Gasteiger partial charge in [-0.2, -0.15) is 0 Å². The van der Waals surface area contributed by atoms with Crippen molar-refractivity contribution in [1.82, 2.24) is 0 Å². The number of hydrogen-bond donors (Lipinski definition) is 1. The van der Waals surface area contributed by atoms with Crippen LogP contribution in [0.1, 0.15) is 49.3 Å². The molecule has 0 saturated heterocycles. The Morgan fingerprint density at radius 3 is 2.95 bits per heavy atom. The molecule has 2 fully saturated rings. The van der Waals surface area contributed by atoms with E-state index in [0.29, 0.717) is 12.3 Å². The number of benzene rings is 1. The van der Waals surface area contributed by atoms with Crippen LogP contribution in [0.3, 0.4) is 0 Å². The largest absolute Gasteiger partial charge is 0.382 e. The van der Waals surface area contributed by atoms with Crippen LogP contribution in [-0.4, -0.2) is 10.8 Å². The van der Waals surface area contributed by atoms with Gasteiger partial charge in [0.1, 0.15) is 11.9 Å². The lowest BCUT2D eigenvalue weighted by Gasteiger charge is -2.21. The van der Waals surface area contributed by atoms with Gasteiger partial charge in [0, 0.05) is 12.6 Å². The van der Waals surface area contributed by atoms with Gasteiger partial charge in [-0.15, -0.1) is 0 Å². The van der Waals surface area contributed by atoms with E-state index in [1.807, 2.05) is 6.08 Å². The molecule has 0 aromatic heterocycles. The lowest BCUT2D eigenvalue weighted by molar-refractivity contribution is 0.243. The molecule has 4 rings (SSSR count). The summed E-state index contributed by atoms with van der Waals surface area (Å²) in [5.41, 5.74) is 2.80.